The van der Waals surface area contributed by atoms with E-state index < -0.39 is 65.7 Å². The van der Waals surface area contributed by atoms with E-state index in [0.29, 0.717) is 72.6 Å². The number of hydrogen-bond acceptors (Lipinski definition) is 8. The minimum atomic E-state index is -1.98. The molecule has 6 atom stereocenters. The Hall–Kier alpha value is -5.24. The first-order chi connectivity index (χ1) is 35.8. The fourth-order valence-electron chi connectivity index (χ4n) is 11.7. The summed E-state index contributed by atoms with van der Waals surface area (Å²) in [6.45, 7) is 11.0. The number of alkyl halides is 3. The molecule has 2 saturated heterocycles. The monoisotopic (exact) mass is 1050 g/mol. The SMILES string of the molecule is CCCCN1CC(Nc2cc(F)c([C@@H]3c4[nH]c5ccc(F)cc5c4C[C@@H](C)N3CC(C)(F)CO)c(F)c2)C1.C[C@@H]1Cc2c([nH]c3ccccc23)[C@@H](c2c(F)cc(NC3CN(CCCF)C3)cc2F)N1CC(C)(F)CO. The van der Waals surface area contributed by atoms with Crippen LogP contribution in [-0.4, -0.2) is 148 Å². The number of aromatic nitrogens is 2. The van der Waals surface area contributed by atoms with E-state index in [1.54, 1.807) is 15.9 Å². The van der Waals surface area contributed by atoms with Crippen LogP contribution >= 0.6 is 0 Å². The number of rotatable bonds is 18. The van der Waals surface area contributed by atoms with Gasteiger partial charge in [-0.3, -0.25) is 24.0 Å². The summed E-state index contributed by atoms with van der Waals surface area (Å²) in [7, 11) is 0. The smallest absolute Gasteiger partial charge is 0.143 e. The highest BCUT2D eigenvalue weighted by atomic mass is 19.2. The number of likely N-dealkylation sites (tertiary alicyclic amines) is 2. The Morgan fingerprint density at radius 1 is 0.613 bits per heavy atom. The highest BCUT2D eigenvalue weighted by Crippen LogP contribution is 2.46. The number of nitrogens with one attached hydrogen (secondary N) is 4. The molecule has 0 saturated carbocycles. The molecule has 2 fully saturated rings. The molecule has 0 radical (unpaired) electrons. The van der Waals surface area contributed by atoms with Crippen LogP contribution in [0.2, 0.25) is 0 Å². The number of aromatic amines is 2. The number of benzene rings is 4. The molecule has 2 unspecified atom stereocenters. The molecule has 0 spiro atoms. The molecule has 0 aliphatic carbocycles. The summed E-state index contributed by atoms with van der Waals surface area (Å²) in [5, 5.41) is 27.3. The van der Waals surface area contributed by atoms with Crippen molar-refractivity contribution in [2.45, 2.75) is 114 Å². The molecule has 75 heavy (non-hydrogen) atoms. The fourth-order valence-corrected chi connectivity index (χ4v) is 11.7. The first-order valence-corrected chi connectivity index (χ1v) is 26.3. The van der Waals surface area contributed by atoms with Gasteiger partial charge >= 0.3 is 0 Å². The minimum Gasteiger partial charge on any atom is -0.393 e. The van der Waals surface area contributed by atoms with Gasteiger partial charge in [-0.15, -0.1) is 0 Å². The van der Waals surface area contributed by atoms with E-state index in [4.69, 9.17) is 0 Å². The molecule has 4 aromatic carbocycles. The zero-order valence-corrected chi connectivity index (χ0v) is 43.3. The number of unbranched alkanes of at least 4 members (excludes halogenated alkanes) is 1. The second kappa shape index (κ2) is 22.4. The van der Waals surface area contributed by atoms with Gasteiger partial charge < -0.3 is 30.8 Å². The summed E-state index contributed by atoms with van der Waals surface area (Å²) in [5.74, 6) is -3.30. The summed E-state index contributed by atoms with van der Waals surface area (Å²) < 4.78 is 120. The van der Waals surface area contributed by atoms with Crippen molar-refractivity contribution in [1.82, 2.24) is 29.6 Å². The number of halogens is 8. The molecule has 0 amide bonds. The van der Waals surface area contributed by atoms with Crippen LogP contribution in [0.15, 0.2) is 66.7 Å². The maximum Gasteiger partial charge on any atom is 0.143 e. The van der Waals surface area contributed by atoms with Crippen molar-refractivity contribution in [2.75, 3.05) is 82.9 Å². The lowest BCUT2D eigenvalue weighted by Gasteiger charge is -2.43. The van der Waals surface area contributed by atoms with Gasteiger partial charge in [0.15, 0.2) is 0 Å². The molecule has 6 N–H and O–H groups in total. The van der Waals surface area contributed by atoms with Gasteiger partial charge in [0.05, 0.1) is 44.1 Å². The Kier molecular flexibility index (Phi) is 16.3. The summed E-state index contributed by atoms with van der Waals surface area (Å²) in [5.41, 5.74) is 0.854. The third-order valence-corrected chi connectivity index (χ3v) is 15.6. The quantitative estimate of drug-likeness (QED) is 0.0473. The minimum absolute atomic E-state index is 0.0348. The molecular formula is C57H70F8N8O2. The van der Waals surface area contributed by atoms with E-state index in [-0.39, 0.29) is 55.1 Å². The number of para-hydroxylation sites is 1. The lowest BCUT2D eigenvalue weighted by molar-refractivity contribution is 0.0162. The van der Waals surface area contributed by atoms with E-state index in [2.05, 4.69) is 37.3 Å². The van der Waals surface area contributed by atoms with Crippen LogP contribution in [0.3, 0.4) is 0 Å². The van der Waals surface area contributed by atoms with Crippen LogP contribution < -0.4 is 10.6 Å². The molecule has 18 heteroatoms. The predicted molar refractivity (Wildman–Crippen MR) is 279 cm³/mol. The summed E-state index contributed by atoms with van der Waals surface area (Å²) >= 11 is 0. The van der Waals surface area contributed by atoms with Crippen LogP contribution in [0.5, 0.6) is 0 Å². The standard InChI is InChI=1S/C29H36F4N4O.C28H34F4N4O/c1-4-5-8-36-13-20(14-36)34-19-11-23(31)26(24(32)12-19)28-27-22(21-10-18(30)6-7-25(21)35-27)9-17(2)37(28)15-29(3,33)16-38;1-17-10-21-20-6-3-4-7-24(20)34-26(21)27(36(17)15-28(2,32)16-37)25-22(30)11-18(12-23(25)31)33-19-13-35(14-19)9-5-8-29/h6-7,10-12,17,20,28,34-35,38H,4-5,8-9,13-16H2,1-3H3;3-4,6-7,11-12,17,19,27,33-34,37H,5,8-10,13-16H2,1-2H3/t17-,28-,29?;17-,27-,28?/m11/s1. The van der Waals surface area contributed by atoms with Gasteiger partial charge in [0, 0.05) is 114 Å². The van der Waals surface area contributed by atoms with Crippen molar-refractivity contribution in [1.29, 1.82) is 0 Å². The number of hydrogen-bond donors (Lipinski definition) is 6. The third-order valence-electron chi connectivity index (χ3n) is 15.6. The molecule has 6 aromatic rings. The number of aliphatic hydroxyl groups excluding tert-OH is 2. The lowest BCUT2D eigenvalue weighted by Crippen LogP contribution is -2.54. The Labute approximate surface area is 433 Å². The highest BCUT2D eigenvalue weighted by Gasteiger charge is 2.44. The summed E-state index contributed by atoms with van der Waals surface area (Å²) in [6, 6.07) is 15.0. The number of aliphatic hydroxyl groups is 2. The molecule has 4 aliphatic heterocycles. The Morgan fingerprint density at radius 2 is 1.05 bits per heavy atom. The number of H-pyrrole nitrogens is 2. The average Bonchev–Trinajstić information content (AvgIpc) is 3.91. The normalized spacial score (nSPS) is 22.4. The average molecular weight is 1050 g/mol. The summed E-state index contributed by atoms with van der Waals surface area (Å²) in [6.07, 6.45) is 3.75. The Bertz CT molecular complexity index is 2910. The van der Waals surface area contributed by atoms with E-state index in [9.17, 15) is 19.0 Å². The lowest BCUT2D eigenvalue weighted by atomic mass is 9.87. The van der Waals surface area contributed by atoms with E-state index in [0.717, 1.165) is 54.5 Å². The maximum atomic E-state index is 15.8. The van der Waals surface area contributed by atoms with Gasteiger partial charge in [0.1, 0.15) is 40.4 Å². The van der Waals surface area contributed by atoms with Crippen LogP contribution in [0.4, 0.5) is 46.5 Å². The zero-order valence-electron chi connectivity index (χ0n) is 43.3. The maximum absolute atomic E-state index is 15.8. The largest absolute Gasteiger partial charge is 0.393 e. The number of nitrogens with zero attached hydrogens (tertiary/aromatic N) is 4. The Balaban J connectivity index is 0.000000184. The molecule has 10 rings (SSSR count). The van der Waals surface area contributed by atoms with Gasteiger partial charge in [-0.05, 0) is 120 Å². The van der Waals surface area contributed by atoms with E-state index in [1.165, 1.54) is 50.2 Å². The fraction of sp³-hybridized carbons (Fsp3) is 0.509. The topological polar surface area (TPSA) is 109 Å². The van der Waals surface area contributed by atoms with Crippen molar-refractivity contribution in [3.8, 4) is 0 Å². The van der Waals surface area contributed by atoms with Crippen LogP contribution in [0.25, 0.3) is 21.8 Å². The molecule has 4 aliphatic rings. The number of fused-ring (bicyclic) bond motifs is 6. The van der Waals surface area contributed by atoms with Gasteiger partial charge in [-0.25, -0.2) is 30.7 Å². The van der Waals surface area contributed by atoms with Crippen molar-refractivity contribution < 1.29 is 45.3 Å². The van der Waals surface area contributed by atoms with Crippen LogP contribution in [-0.2, 0) is 12.8 Å². The van der Waals surface area contributed by atoms with Crippen LogP contribution in [0.1, 0.15) is 99.6 Å². The van der Waals surface area contributed by atoms with E-state index in [1.807, 2.05) is 38.1 Å². The van der Waals surface area contributed by atoms with Gasteiger partial charge in [-0.2, -0.15) is 0 Å². The third kappa shape index (κ3) is 11.6. The zero-order chi connectivity index (χ0) is 53.5. The second-order valence-electron chi connectivity index (χ2n) is 22.0. The Morgan fingerprint density at radius 3 is 1.51 bits per heavy atom. The molecular weight excluding hydrogens is 981 g/mol. The van der Waals surface area contributed by atoms with Crippen molar-refractivity contribution in [3.05, 3.63) is 129 Å². The highest BCUT2D eigenvalue weighted by molar-refractivity contribution is 5.86. The van der Waals surface area contributed by atoms with Gasteiger partial charge in [0.2, 0.25) is 0 Å². The van der Waals surface area contributed by atoms with Crippen molar-refractivity contribution >= 4 is 33.2 Å². The predicted octanol–water partition coefficient (Wildman–Crippen LogP) is 10.5. The molecule has 6 heterocycles. The van der Waals surface area contributed by atoms with Crippen molar-refractivity contribution in [3.63, 3.8) is 0 Å². The first-order valence-electron chi connectivity index (χ1n) is 26.3. The molecule has 406 valence electrons. The van der Waals surface area contributed by atoms with Gasteiger partial charge in [0.25, 0.3) is 0 Å². The molecule has 0 bridgehead atoms. The molecule has 2 aromatic heterocycles. The second-order valence-corrected chi connectivity index (χ2v) is 22.0. The summed E-state index contributed by atoms with van der Waals surface area (Å²) in [4.78, 5) is 14.4. The van der Waals surface area contributed by atoms with Gasteiger partial charge in [-0.1, -0.05) is 31.5 Å². The first kappa shape index (κ1) is 54.5. The van der Waals surface area contributed by atoms with E-state index >= 15 is 26.3 Å². The molecule has 10 nitrogen and oxygen atoms in total. The number of anilines is 2. The van der Waals surface area contributed by atoms with Crippen LogP contribution in [0, 0.1) is 29.1 Å². The van der Waals surface area contributed by atoms with Crippen molar-refractivity contribution in [2.24, 2.45) is 0 Å².